The number of hydrogen-bond donors (Lipinski definition) is 3. The first-order valence-corrected chi connectivity index (χ1v) is 6.10. The SMILES string of the molecule is O=C(CI)NCCNc1ccc(O)cc1. The monoisotopic (exact) mass is 320 g/mol. The van der Waals surface area contributed by atoms with E-state index in [1.165, 1.54) is 0 Å². The van der Waals surface area contributed by atoms with E-state index >= 15 is 0 Å². The van der Waals surface area contributed by atoms with Crippen molar-refractivity contribution in [1.82, 2.24) is 5.32 Å². The van der Waals surface area contributed by atoms with Crippen LogP contribution in [0.4, 0.5) is 5.69 Å². The van der Waals surface area contributed by atoms with E-state index in [1.54, 1.807) is 24.3 Å². The summed E-state index contributed by atoms with van der Waals surface area (Å²) in [6, 6.07) is 6.81. The van der Waals surface area contributed by atoms with Gasteiger partial charge in [0, 0.05) is 18.8 Å². The van der Waals surface area contributed by atoms with Crippen molar-refractivity contribution in [2.24, 2.45) is 0 Å². The van der Waals surface area contributed by atoms with Gasteiger partial charge in [0.15, 0.2) is 0 Å². The number of aromatic hydroxyl groups is 1. The molecule has 0 bridgehead atoms. The lowest BCUT2D eigenvalue weighted by Crippen LogP contribution is -2.29. The maximum Gasteiger partial charge on any atom is 0.229 e. The molecule has 82 valence electrons. The van der Waals surface area contributed by atoms with Gasteiger partial charge in [0.2, 0.25) is 5.91 Å². The van der Waals surface area contributed by atoms with Crippen LogP contribution in [0.15, 0.2) is 24.3 Å². The van der Waals surface area contributed by atoms with Gasteiger partial charge in [-0.15, -0.1) is 0 Å². The van der Waals surface area contributed by atoms with Gasteiger partial charge in [0.05, 0.1) is 4.43 Å². The van der Waals surface area contributed by atoms with Crippen LogP contribution in [0.1, 0.15) is 0 Å². The molecule has 0 radical (unpaired) electrons. The van der Waals surface area contributed by atoms with Crippen LogP contribution in [0, 0.1) is 0 Å². The van der Waals surface area contributed by atoms with Crippen LogP contribution >= 0.6 is 22.6 Å². The Morgan fingerprint density at radius 2 is 1.93 bits per heavy atom. The summed E-state index contributed by atoms with van der Waals surface area (Å²) in [4.78, 5) is 10.9. The average Bonchev–Trinajstić information content (AvgIpc) is 2.26. The molecule has 1 aromatic carbocycles. The number of rotatable bonds is 5. The molecular weight excluding hydrogens is 307 g/mol. The van der Waals surface area contributed by atoms with Crippen molar-refractivity contribution in [3.8, 4) is 5.75 Å². The van der Waals surface area contributed by atoms with E-state index < -0.39 is 0 Å². The summed E-state index contributed by atoms with van der Waals surface area (Å²) in [7, 11) is 0. The van der Waals surface area contributed by atoms with E-state index in [1.807, 2.05) is 22.6 Å². The molecule has 15 heavy (non-hydrogen) atoms. The van der Waals surface area contributed by atoms with E-state index in [-0.39, 0.29) is 11.7 Å². The van der Waals surface area contributed by atoms with Gasteiger partial charge in [-0.1, -0.05) is 22.6 Å². The summed E-state index contributed by atoms with van der Waals surface area (Å²) >= 11 is 2.02. The number of anilines is 1. The molecule has 1 rings (SSSR count). The Morgan fingerprint density at radius 3 is 2.53 bits per heavy atom. The highest BCUT2D eigenvalue weighted by molar-refractivity contribution is 14.1. The molecule has 0 aliphatic carbocycles. The Labute approximate surface area is 102 Å². The topological polar surface area (TPSA) is 61.4 Å². The molecule has 4 nitrogen and oxygen atoms in total. The molecule has 0 fully saturated rings. The number of carbonyl (C=O) groups excluding carboxylic acids is 1. The third-order valence-electron chi connectivity index (χ3n) is 1.76. The van der Waals surface area contributed by atoms with Crippen LogP contribution in [0.3, 0.4) is 0 Å². The minimum absolute atomic E-state index is 0.0445. The maximum atomic E-state index is 10.9. The van der Waals surface area contributed by atoms with Gasteiger partial charge >= 0.3 is 0 Å². The fourth-order valence-corrected chi connectivity index (χ4v) is 1.30. The molecule has 1 aromatic rings. The predicted octanol–water partition coefficient (Wildman–Crippen LogP) is 1.36. The molecule has 0 aliphatic heterocycles. The van der Waals surface area contributed by atoms with Crippen LogP contribution in [0.25, 0.3) is 0 Å². The van der Waals surface area contributed by atoms with Gasteiger partial charge in [0.1, 0.15) is 5.75 Å². The molecule has 0 aromatic heterocycles. The third kappa shape index (κ3) is 4.87. The van der Waals surface area contributed by atoms with Crippen molar-refractivity contribution in [2.75, 3.05) is 22.8 Å². The molecular formula is C10H13IN2O2. The number of phenols is 1. The van der Waals surface area contributed by atoms with Gasteiger partial charge in [-0.2, -0.15) is 0 Å². The lowest BCUT2D eigenvalue weighted by atomic mass is 10.3. The highest BCUT2D eigenvalue weighted by Gasteiger charge is 1.96. The van der Waals surface area contributed by atoms with Gasteiger partial charge in [-0.3, -0.25) is 4.79 Å². The van der Waals surface area contributed by atoms with E-state index in [0.29, 0.717) is 17.5 Å². The molecule has 5 heteroatoms. The summed E-state index contributed by atoms with van der Waals surface area (Å²) in [5, 5.41) is 14.9. The second-order valence-electron chi connectivity index (χ2n) is 2.96. The number of phenolic OH excluding ortho intramolecular Hbond substituents is 1. The Balaban J connectivity index is 2.20. The third-order valence-corrected chi connectivity index (χ3v) is 2.46. The number of carbonyl (C=O) groups is 1. The quantitative estimate of drug-likeness (QED) is 0.332. The fraction of sp³-hybridized carbons (Fsp3) is 0.300. The summed E-state index contributed by atoms with van der Waals surface area (Å²) in [6.45, 7) is 1.27. The largest absolute Gasteiger partial charge is 0.508 e. The van der Waals surface area contributed by atoms with Crippen LogP contribution in [-0.2, 0) is 4.79 Å². The first kappa shape index (κ1) is 12.1. The second-order valence-corrected chi connectivity index (χ2v) is 3.72. The van der Waals surface area contributed by atoms with Crippen molar-refractivity contribution in [3.63, 3.8) is 0 Å². The lowest BCUT2D eigenvalue weighted by Gasteiger charge is -2.06. The summed E-state index contributed by atoms with van der Waals surface area (Å²) in [5.41, 5.74) is 0.927. The standard InChI is InChI=1S/C10H13IN2O2/c11-7-10(15)13-6-5-12-8-1-3-9(14)4-2-8/h1-4,12,14H,5-7H2,(H,13,15). The van der Waals surface area contributed by atoms with Crippen LogP contribution in [-0.4, -0.2) is 28.5 Å². The Morgan fingerprint density at radius 1 is 1.27 bits per heavy atom. The molecule has 0 unspecified atom stereocenters. The van der Waals surface area contributed by atoms with E-state index in [4.69, 9.17) is 5.11 Å². The van der Waals surface area contributed by atoms with Crippen molar-refractivity contribution in [1.29, 1.82) is 0 Å². The van der Waals surface area contributed by atoms with E-state index in [2.05, 4.69) is 10.6 Å². The maximum absolute atomic E-state index is 10.9. The summed E-state index contributed by atoms with van der Waals surface area (Å²) in [6.07, 6.45) is 0. The fourth-order valence-electron chi connectivity index (χ4n) is 1.04. The van der Waals surface area contributed by atoms with E-state index in [9.17, 15) is 4.79 Å². The van der Waals surface area contributed by atoms with Crippen molar-refractivity contribution in [2.45, 2.75) is 0 Å². The minimum Gasteiger partial charge on any atom is -0.508 e. The number of nitrogens with one attached hydrogen (secondary N) is 2. The zero-order valence-electron chi connectivity index (χ0n) is 8.16. The van der Waals surface area contributed by atoms with E-state index in [0.717, 1.165) is 5.69 Å². The first-order chi connectivity index (χ1) is 7.22. The summed E-state index contributed by atoms with van der Waals surface area (Å²) < 4.78 is 0.483. The van der Waals surface area contributed by atoms with Crippen molar-refractivity contribution >= 4 is 34.2 Å². The van der Waals surface area contributed by atoms with Crippen LogP contribution in [0.2, 0.25) is 0 Å². The molecule has 0 atom stereocenters. The predicted molar refractivity (Wildman–Crippen MR) is 68.5 cm³/mol. The number of hydrogen-bond acceptors (Lipinski definition) is 3. The number of alkyl halides is 1. The zero-order valence-corrected chi connectivity index (χ0v) is 10.3. The van der Waals surface area contributed by atoms with Crippen LogP contribution < -0.4 is 10.6 Å². The van der Waals surface area contributed by atoms with Crippen LogP contribution in [0.5, 0.6) is 5.75 Å². The van der Waals surface area contributed by atoms with Gasteiger partial charge in [-0.05, 0) is 24.3 Å². The average molecular weight is 320 g/mol. The molecule has 0 spiro atoms. The molecule has 0 heterocycles. The van der Waals surface area contributed by atoms with Crippen molar-refractivity contribution < 1.29 is 9.90 Å². The Hall–Kier alpha value is -0.980. The Kier molecular flexibility index (Phi) is 5.23. The molecule has 3 N–H and O–H groups in total. The Bertz CT molecular complexity index is 314. The van der Waals surface area contributed by atoms with Gasteiger partial charge < -0.3 is 15.7 Å². The molecule has 0 saturated heterocycles. The zero-order chi connectivity index (χ0) is 11.1. The number of halogens is 1. The van der Waals surface area contributed by atoms with Crippen molar-refractivity contribution in [3.05, 3.63) is 24.3 Å². The molecule has 1 amide bonds. The molecule has 0 aliphatic rings. The number of benzene rings is 1. The highest BCUT2D eigenvalue weighted by Crippen LogP contribution is 2.12. The lowest BCUT2D eigenvalue weighted by molar-refractivity contribution is -0.118. The number of amides is 1. The first-order valence-electron chi connectivity index (χ1n) is 4.58. The second kappa shape index (κ2) is 6.49. The highest BCUT2D eigenvalue weighted by atomic mass is 127. The molecule has 0 saturated carbocycles. The smallest absolute Gasteiger partial charge is 0.229 e. The minimum atomic E-state index is 0.0445. The normalized spacial score (nSPS) is 9.67. The van der Waals surface area contributed by atoms with Gasteiger partial charge in [0.25, 0.3) is 0 Å². The van der Waals surface area contributed by atoms with Gasteiger partial charge in [-0.25, -0.2) is 0 Å². The summed E-state index contributed by atoms with van der Waals surface area (Å²) in [5.74, 6) is 0.293.